The average molecular weight is 376 g/mol. The molecule has 0 radical (unpaired) electrons. The summed E-state index contributed by atoms with van der Waals surface area (Å²) in [7, 11) is 3.21. The number of piperidine rings is 2. The van der Waals surface area contributed by atoms with Crippen LogP contribution in [0.2, 0.25) is 0 Å². The molecule has 0 saturated carbocycles. The van der Waals surface area contributed by atoms with Crippen molar-refractivity contribution in [2.24, 2.45) is 11.8 Å². The number of amides is 2. The van der Waals surface area contributed by atoms with E-state index >= 15 is 0 Å². The Bertz CT molecular complexity index is 621. The number of nitrogens with one attached hydrogen (secondary N) is 1. The minimum Gasteiger partial charge on any atom is -0.497 e. The Hall–Kier alpha value is -1.95. The number of hydrogen-bond acceptors (Lipinski definition) is 4. The molecular weight excluding hydrogens is 342 g/mol. The second kappa shape index (κ2) is 9.31. The molecule has 0 aromatic heterocycles. The number of hydrogen-bond donors (Lipinski definition) is 1. The molecule has 3 rings (SSSR count). The Morgan fingerprint density at radius 1 is 1.07 bits per heavy atom. The van der Waals surface area contributed by atoms with Gasteiger partial charge in [-0.3, -0.25) is 0 Å². The normalized spacial score (nSPS) is 19.7. The Morgan fingerprint density at radius 3 is 2.41 bits per heavy atom. The van der Waals surface area contributed by atoms with E-state index in [4.69, 9.17) is 9.47 Å². The summed E-state index contributed by atoms with van der Waals surface area (Å²) in [5.41, 5.74) is 0.674. The molecule has 2 aliphatic rings. The van der Waals surface area contributed by atoms with Gasteiger partial charge in [0.1, 0.15) is 11.5 Å². The maximum absolute atomic E-state index is 12.6. The van der Waals surface area contributed by atoms with Gasteiger partial charge >= 0.3 is 6.03 Å². The fourth-order valence-electron chi connectivity index (χ4n) is 4.02. The Labute approximate surface area is 162 Å². The molecule has 2 aliphatic heterocycles. The van der Waals surface area contributed by atoms with Gasteiger partial charge in [-0.15, -0.1) is 0 Å². The first-order chi connectivity index (χ1) is 13.1. The number of ether oxygens (including phenoxy) is 2. The van der Waals surface area contributed by atoms with E-state index in [9.17, 15) is 4.79 Å². The second-order valence-corrected chi connectivity index (χ2v) is 7.91. The number of benzene rings is 1. The van der Waals surface area contributed by atoms with Gasteiger partial charge in [0.05, 0.1) is 19.9 Å². The quantitative estimate of drug-likeness (QED) is 0.853. The van der Waals surface area contributed by atoms with Crippen LogP contribution in [0.3, 0.4) is 0 Å². The summed E-state index contributed by atoms with van der Waals surface area (Å²) in [6.07, 6.45) is 4.81. The summed E-state index contributed by atoms with van der Waals surface area (Å²) in [4.78, 5) is 17.2. The van der Waals surface area contributed by atoms with Crippen molar-refractivity contribution in [1.29, 1.82) is 0 Å². The molecule has 0 bridgehead atoms. The third-order valence-electron chi connectivity index (χ3n) is 5.94. The van der Waals surface area contributed by atoms with Crippen molar-refractivity contribution in [3.05, 3.63) is 18.2 Å². The number of methoxy groups -OCH3 is 2. The van der Waals surface area contributed by atoms with Crippen LogP contribution in [-0.2, 0) is 0 Å². The van der Waals surface area contributed by atoms with Gasteiger partial charge in [-0.2, -0.15) is 0 Å². The molecule has 1 aromatic rings. The smallest absolute Gasteiger partial charge is 0.321 e. The van der Waals surface area contributed by atoms with Crippen molar-refractivity contribution in [3.8, 4) is 11.5 Å². The minimum absolute atomic E-state index is 0.0521. The van der Waals surface area contributed by atoms with Gasteiger partial charge in [-0.25, -0.2) is 4.79 Å². The molecule has 2 heterocycles. The van der Waals surface area contributed by atoms with Crippen molar-refractivity contribution in [2.45, 2.75) is 32.6 Å². The molecule has 27 heavy (non-hydrogen) atoms. The van der Waals surface area contributed by atoms with Crippen molar-refractivity contribution in [3.63, 3.8) is 0 Å². The minimum atomic E-state index is -0.0521. The predicted molar refractivity (Wildman–Crippen MR) is 108 cm³/mol. The maximum atomic E-state index is 12.6. The van der Waals surface area contributed by atoms with Crippen molar-refractivity contribution < 1.29 is 14.3 Å². The van der Waals surface area contributed by atoms with E-state index in [2.05, 4.69) is 17.1 Å². The molecule has 0 aliphatic carbocycles. The summed E-state index contributed by atoms with van der Waals surface area (Å²) < 4.78 is 10.6. The molecule has 2 fully saturated rings. The van der Waals surface area contributed by atoms with Crippen LogP contribution < -0.4 is 14.8 Å². The molecular formula is C21H33N3O3. The van der Waals surface area contributed by atoms with E-state index in [1.54, 1.807) is 20.3 Å². The molecule has 0 atom stereocenters. The monoisotopic (exact) mass is 375 g/mol. The summed E-state index contributed by atoms with van der Waals surface area (Å²) >= 11 is 0. The van der Waals surface area contributed by atoms with E-state index in [1.165, 1.54) is 32.5 Å². The summed E-state index contributed by atoms with van der Waals surface area (Å²) in [6.45, 7) is 7.65. The average Bonchev–Trinajstić information content (AvgIpc) is 2.70. The number of anilines is 1. The number of rotatable bonds is 5. The van der Waals surface area contributed by atoms with Crippen LogP contribution in [0.5, 0.6) is 11.5 Å². The highest BCUT2D eigenvalue weighted by atomic mass is 16.5. The van der Waals surface area contributed by atoms with E-state index in [0.29, 0.717) is 23.1 Å². The van der Waals surface area contributed by atoms with Gasteiger partial charge < -0.3 is 24.6 Å². The highest BCUT2D eigenvalue weighted by molar-refractivity contribution is 5.91. The van der Waals surface area contributed by atoms with Crippen LogP contribution in [0.1, 0.15) is 32.6 Å². The third-order valence-corrected chi connectivity index (χ3v) is 5.94. The van der Waals surface area contributed by atoms with Crippen LogP contribution in [0, 0.1) is 11.8 Å². The zero-order valence-corrected chi connectivity index (χ0v) is 16.9. The largest absolute Gasteiger partial charge is 0.497 e. The summed E-state index contributed by atoms with van der Waals surface area (Å²) in [5.74, 6) is 2.90. The first kappa shape index (κ1) is 19.8. The van der Waals surface area contributed by atoms with Crippen molar-refractivity contribution in [1.82, 2.24) is 9.80 Å². The highest BCUT2D eigenvalue weighted by Gasteiger charge is 2.26. The van der Waals surface area contributed by atoms with Crippen LogP contribution in [0.15, 0.2) is 18.2 Å². The number of urea groups is 1. The standard InChI is InChI=1S/C21H33N3O3/c1-16-6-10-23(11-7-16)15-17-8-12-24(13-9-17)21(25)22-19-5-4-18(26-2)14-20(19)27-3/h4-5,14,16-17H,6-13,15H2,1-3H3,(H,22,25). The second-order valence-electron chi connectivity index (χ2n) is 7.91. The highest BCUT2D eigenvalue weighted by Crippen LogP contribution is 2.30. The fourth-order valence-corrected chi connectivity index (χ4v) is 4.02. The van der Waals surface area contributed by atoms with Gasteiger partial charge in [0, 0.05) is 25.7 Å². The van der Waals surface area contributed by atoms with Crippen molar-refractivity contribution in [2.75, 3.05) is 52.3 Å². The lowest BCUT2D eigenvalue weighted by molar-refractivity contribution is 0.130. The Morgan fingerprint density at radius 2 is 1.78 bits per heavy atom. The Balaban J connectivity index is 1.47. The first-order valence-electron chi connectivity index (χ1n) is 10.1. The number of nitrogens with zero attached hydrogens (tertiary/aromatic N) is 2. The number of carbonyl (C=O) groups excluding carboxylic acids is 1. The first-order valence-corrected chi connectivity index (χ1v) is 10.1. The lowest BCUT2D eigenvalue weighted by Crippen LogP contribution is -2.44. The topological polar surface area (TPSA) is 54.0 Å². The van der Waals surface area contributed by atoms with Gasteiger partial charge in [0.15, 0.2) is 0 Å². The lowest BCUT2D eigenvalue weighted by atomic mass is 9.93. The van der Waals surface area contributed by atoms with E-state index < -0.39 is 0 Å². The molecule has 1 N–H and O–H groups in total. The van der Waals surface area contributed by atoms with Crippen LogP contribution in [0.4, 0.5) is 10.5 Å². The molecule has 2 saturated heterocycles. The van der Waals surface area contributed by atoms with Gasteiger partial charge in [-0.1, -0.05) is 6.92 Å². The van der Waals surface area contributed by atoms with E-state index in [1.807, 2.05) is 17.0 Å². The third kappa shape index (κ3) is 5.28. The summed E-state index contributed by atoms with van der Waals surface area (Å²) in [5, 5.41) is 2.98. The predicted octanol–water partition coefficient (Wildman–Crippen LogP) is 3.68. The zero-order valence-electron chi connectivity index (χ0n) is 16.9. The van der Waals surface area contributed by atoms with Gasteiger partial charge in [0.2, 0.25) is 0 Å². The van der Waals surface area contributed by atoms with Gasteiger partial charge in [0.25, 0.3) is 0 Å². The number of likely N-dealkylation sites (tertiary alicyclic amines) is 2. The SMILES string of the molecule is COc1ccc(NC(=O)N2CCC(CN3CCC(C)CC3)CC2)c(OC)c1. The maximum Gasteiger partial charge on any atom is 0.321 e. The molecule has 2 amide bonds. The molecule has 6 heteroatoms. The molecule has 1 aromatic carbocycles. The van der Waals surface area contributed by atoms with Crippen LogP contribution >= 0.6 is 0 Å². The molecule has 0 unspecified atom stereocenters. The molecule has 6 nitrogen and oxygen atoms in total. The van der Waals surface area contributed by atoms with Crippen LogP contribution in [0.25, 0.3) is 0 Å². The molecule has 0 spiro atoms. The molecule has 150 valence electrons. The lowest BCUT2D eigenvalue weighted by Gasteiger charge is -2.37. The van der Waals surface area contributed by atoms with Crippen LogP contribution in [-0.4, -0.2) is 62.8 Å². The Kier molecular flexibility index (Phi) is 6.83. The summed E-state index contributed by atoms with van der Waals surface area (Å²) in [6, 6.07) is 5.37. The van der Waals surface area contributed by atoms with Gasteiger partial charge in [-0.05, 0) is 62.7 Å². The number of carbonyl (C=O) groups is 1. The van der Waals surface area contributed by atoms with E-state index in [-0.39, 0.29) is 6.03 Å². The van der Waals surface area contributed by atoms with E-state index in [0.717, 1.165) is 31.8 Å². The fraction of sp³-hybridized carbons (Fsp3) is 0.667. The zero-order chi connectivity index (χ0) is 19.2. The van der Waals surface area contributed by atoms with Crippen molar-refractivity contribution >= 4 is 11.7 Å².